The number of hydrogen-bond acceptors (Lipinski definition) is 2. The summed E-state index contributed by atoms with van der Waals surface area (Å²) >= 11 is 0. The number of imidazole rings is 1. The summed E-state index contributed by atoms with van der Waals surface area (Å²) in [4.78, 5) is 10.1. The van der Waals surface area contributed by atoms with Gasteiger partial charge in [-0.2, -0.15) is 13.2 Å². The fourth-order valence-electron chi connectivity index (χ4n) is 1.38. The molecule has 16 heavy (non-hydrogen) atoms. The number of aromatic amines is 1. The molecule has 1 N–H and O–H groups in total. The summed E-state index contributed by atoms with van der Waals surface area (Å²) in [6.45, 7) is 1.75. The molecule has 6 heteroatoms. The zero-order chi connectivity index (χ0) is 11.8. The van der Waals surface area contributed by atoms with Crippen molar-refractivity contribution in [1.29, 1.82) is 0 Å². The van der Waals surface area contributed by atoms with E-state index in [0.717, 1.165) is 18.0 Å². The van der Waals surface area contributed by atoms with E-state index < -0.39 is 11.9 Å². The zero-order valence-electron chi connectivity index (χ0n) is 8.34. The molecule has 3 nitrogen and oxygen atoms in total. The minimum absolute atomic E-state index is 0.404. The van der Waals surface area contributed by atoms with Gasteiger partial charge in [0, 0.05) is 17.5 Å². The van der Waals surface area contributed by atoms with Crippen LogP contribution in [0, 0.1) is 6.92 Å². The van der Waals surface area contributed by atoms with E-state index in [1.165, 1.54) is 12.4 Å². The zero-order valence-corrected chi connectivity index (χ0v) is 8.34. The van der Waals surface area contributed by atoms with Gasteiger partial charge in [-0.15, -0.1) is 0 Å². The maximum absolute atomic E-state index is 12.4. The molecule has 0 amide bonds. The third kappa shape index (κ3) is 1.91. The van der Waals surface area contributed by atoms with Crippen molar-refractivity contribution in [2.45, 2.75) is 13.1 Å². The molecule has 0 saturated heterocycles. The first-order valence-electron chi connectivity index (χ1n) is 4.52. The Morgan fingerprint density at radius 1 is 1.25 bits per heavy atom. The van der Waals surface area contributed by atoms with Crippen molar-refractivity contribution in [1.82, 2.24) is 15.0 Å². The number of pyridine rings is 1. The lowest BCUT2D eigenvalue weighted by atomic mass is 10.1. The summed E-state index contributed by atoms with van der Waals surface area (Å²) in [7, 11) is 0. The highest BCUT2D eigenvalue weighted by atomic mass is 19.4. The first kappa shape index (κ1) is 10.7. The molecule has 0 fully saturated rings. The Labute approximate surface area is 89.4 Å². The highest BCUT2D eigenvalue weighted by Crippen LogP contribution is 2.30. The lowest BCUT2D eigenvalue weighted by Gasteiger charge is -2.06. The molecule has 0 aromatic carbocycles. The monoisotopic (exact) mass is 227 g/mol. The van der Waals surface area contributed by atoms with Crippen molar-refractivity contribution >= 4 is 0 Å². The Hall–Kier alpha value is -1.85. The molecule has 0 aliphatic rings. The van der Waals surface area contributed by atoms with Crippen LogP contribution in [-0.4, -0.2) is 15.0 Å². The normalized spacial score (nSPS) is 11.8. The average molecular weight is 227 g/mol. The predicted molar refractivity (Wildman–Crippen MR) is 51.6 cm³/mol. The van der Waals surface area contributed by atoms with Gasteiger partial charge in [-0.3, -0.25) is 4.98 Å². The summed E-state index contributed by atoms with van der Waals surface area (Å²) in [6.07, 6.45) is -1.86. The van der Waals surface area contributed by atoms with E-state index in [-0.39, 0.29) is 0 Å². The maximum Gasteiger partial charge on any atom is 0.433 e. The molecule has 84 valence electrons. The van der Waals surface area contributed by atoms with Gasteiger partial charge in [0.25, 0.3) is 0 Å². The van der Waals surface area contributed by atoms with Gasteiger partial charge in [-0.05, 0) is 19.1 Å². The summed E-state index contributed by atoms with van der Waals surface area (Å²) in [5.74, 6) is 0. The van der Waals surface area contributed by atoms with Crippen LogP contribution in [0.15, 0.2) is 24.7 Å². The van der Waals surface area contributed by atoms with Crippen molar-refractivity contribution in [2.24, 2.45) is 0 Å². The number of halogens is 3. The third-order valence-corrected chi connectivity index (χ3v) is 2.15. The Balaban J connectivity index is 2.49. The van der Waals surface area contributed by atoms with Crippen LogP contribution in [0.2, 0.25) is 0 Å². The smallest absolute Gasteiger partial charge is 0.348 e. The molecule has 0 radical (unpaired) electrons. The van der Waals surface area contributed by atoms with Crippen LogP contribution in [0.25, 0.3) is 11.3 Å². The minimum Gasteiger partial charge on any atom is -0.348 e. The summed E-state index contributed by atoms with van der Waals surface area (Å²) < 4.78 is 37.3. The topological polar surface area (TPSA) is 41.6 Å². The van der Waals surface area contributed by atoms with Gasteiger partial charge in [0.15, 0.2) is 0 Å². The Bertz CT molecular complexity index is 502. The number of H-pyrrole nitrogens is 1. The van der Waals surface area contributed by atoms with Crippen molar-refractivity contribution in [3.8, 4) is 11.3 Å². The van der Waals surface area contributed by atoms with E-state index in [0.29, 0.717) is 11.3 Å². The van der Waals surface area contributed by atoms with Crippen molar-refractivity contribution in [3.63, 3.8) is 0 Å². The standard InChI is InChI=1S/C10H8F3N3/c1-6-9(16-5-15-6)7-2-3-14-8(4-7)10(11,12)13/h2-5H,1H3,(H,15,16). The molecule has 0 bridgehead atoms. The van der Waals surface area contributed by atoms with Gasteiger partial charge in [0.2, 0.25) is 0 Å². The number of nitrogens with zero attached hydrogens (tertiary/aromatic N) is 2. The molecule has 0 aliphatic heterocycles. The van der Waals surface area contributed by atoms with Crippen LogP contribution in [-0.2, 0) is 6.18 Å². The molecular formula is C10H8F3N3. The quantitative estimate of drug-likeness (QED) is 0.813. The molecule has 0 aliphatic carbocycles. The molecule has 2 heterocycles. The molecule has 0 saturated carbocycles. The second-order valence-electron chi connectivity index (χ2n) is 3.30. The number of nitrogens with one attached hydrogen (secondary N) is 1. The lowest BCUT2D eigenvalue weighted by Crippen LogP contribution is -2.07. The van der Waals surface area contributed by atoms with Crippen molar-refractivity contribution in [2.75, 3.05) is 0 Å². The minimum atomic E-state index is -4.43. The Morgan fingerprint density at radius 3 is 2.56 bits per heavy atom. The van der Waals surface area contributed by atoms with E-state index >= 15 is 0 Å². The summed E-state index contributed by atoms with van der Waals surface area (Å²) in [5.41, 5.74) is 0.723. The fraction of sp³-hybridized carbons (Fsp3) is 0.200. The van der Waals surface area contributed by atoms with E-state index in [4.69, 9.17) is 0 Å². The van der Waals surface area contributed by atoms with Gasteiger partial charge in [0.1, 0.15) is 5.69 Å². The van der Waals surface area contributed by atoms with Crippen molar-refractivity contribution < 1.29 is 13.2 Å². The summed E-state index contributed by atoms with van der Waals surface area (Å²) in [6, 6.07) is 2.49. The van der Waals surface area contributed by atoms with E-state index in [9.17, 15) is 13.2 Å². The number of alkyl halides is 3. The lowest BCUT2D eigenvalue weighted by molar-refractivity contribution is -0.141. The average Bonchev–Trinajstić information content (AvgIpc) is 2.63. The fourth-order valence-corrected chi connectivity index (χ4v) is 1.38. The van der Waals surface area contributed by atoms with Crippen LogP contribution in [0.4, 0.5) is 13.2 Å². The first-order chi connectivity index (χ1) is 7.48. The Morgan fingerprint density at radius 2 is 2.00 bits per heavy atom. The highest BCUT2D eigenvalue weighted by molar-refractivity contribution is 5.61. The SMILES string of the molecule is Cc1[nH]cnc1-c1ccnc(C(F)(F)F)c1. The van der Waals surface area contributed by atoms with E-state index in [2.05, 4.69) is 15.0 Å². The third-order valence-electron chi connectivity index (χ3n) is 2.15. The summed E-state index contributed by atoms with van der Waals surface area (Å²) in [5, 5.41) is 0. The van der Waals surface area contributed by atoms with Gasteiger partial charge >= 0.3 is 6.18 Å². The first-order valence-corrected chi connectivity index (χ1v) is 4.52. The van der Waals surface area contributed by atoms with Gasteiger partial charge < -0.3 is 4.98 Å². The largest absolute Gasteiger partial charge is 0.433 e. The number of rotatable bonds is 1. The van der Waals surface area contributed by atoms with Crippen molar-refractivity contribution in [3.05, 3.63) is 36.0 Å². The van der Waals surface area contributed by atoms with Crippen LogP contribution in [0.1, 0.15) is 11.4 Å². The molecule has 2 rings (SSSR count). The van der Waals surface area contributed by atoms with E-state index in [1.54, 1.807) is 6.92 Å². The molecular weight excluding hydrogens is 219 g/mol. The predicted octanol–water partition coefficient (Wildman–Crippen LogP) is 2.80. The molecule has 0 atom stereocenters. The highest BCUT2D eigenvalue weighted by Gasteiger charge is 2.32. The maximum atomic E-state index is 12.4. The van der Waals surface area contributed by atoms with Crippen LogP contribution >= 0.6 is 0 Å². The number of hydrogen-bond donors (Lipinski definition) is 1. The molecule has 2 aromatic heterocycles. The van der Waals surface area contributed by atoms with Crippen LogP contribution in [0.3, 0.4) is 0 Å². The van der Waals surface area contributed by atoms with Gasteiger partial charge in [-0.1, -0.05) is 0 Å². The van der Waals surface area contributed by atoms with Gasteiger partial charge in [-0.25, -0.2) is 4.98 Å². The number of aromatic nitrogens is 3. The molecule has 2 aromatic rings. The van der Waals surface area contributed by atoms with Gasteiger partial charge in [0.05, 0.1) is 12.0 Å². The molecule has 0 unspecified atom stereocenters. The van der Waals surface area contributed by atoms with Crippen LogP contribution < -0.4 is 0 Å². The molecule has 0 spiro atoms. The number of aryl methyl sites for hydroxylation is 1. The Kier molecular flexibility index (Phi) is 2.41. The van der Waals surface area contributed by atoms with Crippen LogP contribution in [0.5, 0.6) is 0 Å². The second kappa shape index (κ2) is 3.62. The second-order valence-corrected chi connectivity index (χ2v) is 3.30. The van der Waals surface area contributed by atoms with E-state index in [1.807, 2.05) is 0 Å².